The largest absolute Gasteiger partial charge is 0.459 e. The Labute approximate surface area is 130 Å². The Morgan fingerprint density at radius 1 is 1.14 bits per heavy atom. The van der Waals surface area contributed by atoms with E-state index in [1.54, 1.807) is 17.0 Å². The molecule has 0 N–H and O–H groups in total. The third-order valence-corrected chi connectivity index (χ3v) is 3.90. The van der Waals surface area contributed by atoms with E-state index in [2.05, 4.69) is 30.0 Å². The summed E-state index contributed by atoms with van der Waals surface area (Å²) in [6.45, 7) is 3.44. The number of hydrogen-bond acceptors (Lipinski definition) is 4. The smallest absolute Gasteiger partial charge is 0.294 e. The van der Waals surface area contributed by atoms with Crippen LogP contribution in [-0.2, 0) is 0 Å². The van der Waals surface area contributed by atoms with Crippen molar-refractivity contribution in [1.29, 1.82) is 0 Å². The zero-order valence-electron chi connectivity index (χ0n) is 13.0. The maximum absolute atomic E-state index is 12.6. The lowest BCUT2D eigenvalue weighted by atomic mass is 10.1. The molecule has 2 aromatic rings. The van der Waals surface area contributed by atoms with Gasteiger partial charge in [0.2, 0.25) is 0 Å². The Morgan fingerprint density at radius 2 is 1.91 bits per heavy atom. The Morgan fingerprint density at radius 3 is 2.59 bits per heavy atom. The predicted octanol–water partition coefficient (Wildman–Crippen LogP) is 2.31. The van der Waals surface area contributed by atoms with E-state index < -0.39 is 0 Å². The van der Waals surface area contributed by atoms with E-state index in [1.165, 1.54) is 6.26 Å². The summed E-state index contributed by atoms with van der Waals surface area (Å²) in [4.78, 5) is 18.9. The lowest BCUT2D eigenvalue weighted by molar-refractivity contribution is 0.0960. The van der Waals surface area contributed by atoms with Crippen molar-refractivity contribution in [3.8, 4) is 0 Å². The summed E-state index contributed by atoms with van der Waals surface area (Å²) in [6.07, 6.45) is 1.53. The van der Waals surface area contributed by atoms with Crippen molar-refractivity contribution in [2.75, 3.05) is 50.1 Å². The second-order valence-electron chi connectivity index (χ2n) is 5.71. The molecule has 1 aromatic heterocycles. The first-order valence-corrected chi connectivity index (χ1v) is 7.51. The fourth-order valence-corrected chi connectivity index (χ4v) is 2.72. The fraction of sp³-hybridized carbons (Fsp3) is 0.353. The van der Waals surface area contributed by atoms with Crippen LogP contribution in [0.3, 0.4) is 0 Å². The van der Waals surface area contributed by atoms with Crippen LogP contribution in [0.1, 0.15) is 10.6 Å². The lowest BCUT2D eigenvalue weighted by Crippen LogP contribution is -2.45. The maximum Gasteiger partial charge on any atom is 0.294 e. The Balaban J connectivity index is 1.86. The Hall–Kier alpha value is -2.27. The number of rotatable bonds is 4. The molecule has 0 radical (unpaired) electrons. The van der Waals surface area contributed by atoms with Crippen molar-refractivity contribution in [2.24, 2.45) is 0 Å². The third kappa shape index (κ3) is 2.85. The van der Waals surface area contributed by atoms with Gasteiger partial charge < -0.3 is 19.1 Å². The maximum atomic E-state index is 12.6. The monoisotopic (exact) mass is 299 g/mol. The average Bonchev–Trinajstić information content (AvgIpc) is 3.06. The summed E-state index contributed by atoms with van der Waals surface area (Å²) in [5.74, 6) is 0.307. The van der Waals surface area contributed by atoms with E-state index in [0.717, 1.165) is 31.0 Å². The molecule has 0 unspecified atom stereocenters. The van der Waals surface area contributed by atoms with Crippen LogP contribution >= 0.6 is 0 Å². The standard InChI is InChI=1S/C17H21N3O2/c1-18(2)9-10-19-11-12-20(15-7-4-3-6-14(15)19)17(21)16-8-5-13-22-16/h3-8,13H,9-12H2,1-2H3. The highest BCUT2D eigenvalue weighted by molar-refractivity contribution is 6.06. The van der Waals surface area contributed by atoms with Crippen molar-refractivity contribution in [3.63, 3.8) is 0 Å². The topological polar surface area (TPSA) is 39.9 Å². The highest BCUT2D eigenvalue weighted by Gasteiger charge is 2.28. The molecule has 116 valence electrons. The van der Waals surface area contributed by atoms with Gasteiger partial charge in [-0.2, -0.15) is 0 Å². The van der Waals surface area contributed by atoms with Gasteiger partial charge in [-0.15, -0.1) is 0 Å². The van der Waals surface area contributed by atoms with Crippen molar-refractivity contribution >= 4 is 17.3 Å². The van der Waals surface area contributed by atoms with Crippen LogP contribution in [0, 0.1) is 0 Å². The van der Waals surface area contributed by atoms with Crippen LogP contribution in [-0.4, -0.2) is 51.1 Å². The fourth-order valence-electron chi connectivity index (χ4n) is 2.72. The number of fused-ring (bicyclic) bond motifs is 1. The van der Waals surface area contributed by atoms with Crippen molar-refractivity contribution in [2.45, 2.75) is 0 Å². The van der Waals surface area contributed by atoms with Gasteiger partial charge in [0.1, 0.15) is 0 Å². The van der Waals surface area contributed by atoms with Gasteiger partial charge in [-0.1, -0.05) is 12.1 Å². The highest BCUT2D eigenvalue weighted by Crippen LogP contribution is 2.33. The summed E-state index contributed by atoms with van der Waals surface area (Å²) in [6, 6.07) is 11.5. The number of amides is 1. The number of benzene rings is 1. The first-order chi connectivity index (χ1) is 10.7. The van der Waals surface area contributed by atoms with E-state index in [9.17, 15) is 4.79 Å². The average molecular weight is 299 g/mol. The second-order valence-corrected chi connectivity index (χ2v) is 5.71. The molecular weight excluding hydrogens is 278 g/mol. The quantitative estimate of drug-likeness (QED) is 0.868. The lowest BCUT2D eigenvalue weighted by Gasteiger charge is -2.37. The molecule has 0 saturated heterocycles. The minimum atomic E-state index is -0.0790. The number of carbonyl (C=O) groups is 1. The van der Waals surface area contributed by atoms with E-state index >= 15 is 0 Å². The van der Waals surface area contributed by atoms with E-state index in [0.29, 0.717) is 12.3 Å². The van der Waals surface area contributed by atoms with Crippen molar-refractivity contribution in [3.05, 3.63) is 48.4 Å². The molecule has 0 spiro atoms. The normalized spacial score (nSPS) is 14.3. The SMILES string of the molecule is CN(C)CCN1CCN(C(=O)c2ccco2)c2ccccc21. The molecule has 5 heteroatoms. The molecular formula is C17H21N3O2. The van der Waals surface area contributed by atoms with E-state index in [1.807, 2.05) is 18.2 Å². The Kier molecular flexibility index (Phi) is 4.15. The molecule has 1 amide bonds. The van der Waals surface area contributed by atoms with Crippen molar-refractivity contribution < 1.29 is 9.21 Å². The number of likely N-dealkylation sites (N-methyl/N-ethyl adjacent to an activating group) is 1. The third-order valence-electron chi connectivity index (χ3n) is 3.90. The van der Waals surface area contributed by atoms with Crippen LogP contribution in [0.4, 0.5) is 11.4 Å². The van der Waals surface area contributed by atoms with Crippen LogP contribution in [0.25, 0.3) is 0 Å². The first-order valence-electron chi connectivity index (χ1n) is 7.51. The number of carbonyl (C=O) groups excluding carboxylic acids is 1. The van der Waals surface area contributed by atoms with Gasteiger partial charge in [0.05, 0.1) is 17.6 Å². The van der Waals surface area contributed by atoms with Crippen LogP contribution < -0.4 is 9.80 Å². The zero-order valence-corrected chi connectivity index (χ0v) is 13.0. The van der Waals surface area contributed by atoms with E-state index in [-0.39, 0.29) is 5.91 Å². The van der Waals surface area contributed by atoms with Gasteiger partial charge in [-0.3, -0.25) is 4.79 Å². The number of hydrogen-bond donors (Lipinski definition) is 0. The molecule has 2 heterocycles. The van der Waals surface area contributed by atoms with Gasteiger partial charge in [-0.05, 0) is 38.4 Å². The van der Waals surface area contributed by atoms with Crippen molar-refractivity contribution in [1.82, 2.24) is 4.90 Å². The highest BCUT2D eigenvalue weighted by atomic mass is 16.3. The van der Waals surface area contributed by atoms with Crippen LogP contribution in [0.15, 0.2) is 47.1 Å². The van der Waals surface area contributed by atoms with Crippen LogP contribution in [0.5, 0.6) is 0 Å². The molecule has 5 nitrogen and oxygen atoms in total. The summed E-state index contributed by atoms with van der Waals surface area (Å²) in [5, 5.41) is 0. The molecule has 0 fully saturated rings. The van der Waals surface area contributed by atoms with Gasteiger partial charge in [0, 0.05) is 26.2 Å². The molecule has 1 aromatic carbocycles. The summed E-state index contributed by atoms with van der Waals surface area (Å²) in [5.41, 5.74) is 2.06. The van der Waals surface area contributed by atoms with Crippen LogP contribution in [0.2, 0.25) is 0 Å². The molecule has 0 saturated carbocycles. The Bertz CT molecular complexity index is 637. The van der Waals surface area contributed by atoms with Gasteiger partial charge >= 0.3 is 0 Å². The van der Waals surface area contributed by atoms with Gasteiger partial charge in [0.25, 0.3) is 5.91 Å². The number of para-hydroxylation sites is 2. The number of furan rings is 1. The summed E-state index contributed by atoms with van der Waals surface area (Å²) in [7, 11) is 4.14. The minimum Gasteiger partial charge on any atom is -0.459 e. The number of nitrogens with zero attached hydrogens (tertiary/aromatic N) is 3. The second kappa shape index (κ2) is 6.23. The molecule has 1 aliphatic rings. The molecule has 22 heavy (non-hydrogen) atoms. The number of anilines is 2. The van der Waals surface area contributed by atoms with Gasteiger partial charge in [-0.25, -0.2) is 0 Å². The summed E-state index contributed by atoms with van der Waals surface area (Å²) >= 11 is 0. The van der Waals surface area contributed by atoms with Gasteiger partial charge in [0.15, 0.2) is 5.76 Å². The zero-order chi connectivity index (χ0) is 15.5. The molecule has 0 aliphatic carbocycles. The molecule has 0 bridgehead atoms. The molecule has 3 rings (SSSR count). The molecule has 1 aliphatic heterocycles. The minimum absolute atomic E-state index is 0.0790. The molecule has 0 atom stereocenters. The summed E-state index contributed by atoms with van der Waals surface area (Å²) < 4.78 is 5.26. The first kappa shape index (κ1) is 14.7. The predicted molar refractivity (Wildman–Crippen MR) is 87.6 cm³/mol. The van der Waals surface area contributed by atoms with E-state index in [4.69, 9.17) is 4.42 Å².